The average Bonchev–Trinajstić information content (AvgIpc) is 2.47. The lowest BCUT2D eigenvalue weighted by Gasteiger charge is -2.28. The maximum atomic E-state index is 13.8. The predicted molar refractivity (Wildman–Crippen MR) is 82.2 cm³/mol. The molecule has 0 saturated heterocycles. The third-order valence-electron chi connectivity index (χ3n) is 3.75. The van der Waals surface area contributed by atoms with Gasteiger partial charge in [0.15, 0.2) is 0 Å². The second kappa shape index (κ2) is 7.09. The summed E-state index contributed by atoms with van der Waals surface area (Å²) in [5.74, 6) is -0.795. The summed E-state index contributed by atoms with van der Waals surface area (Å²) >= 11 is 1.74. The number of sulfonamides is 1. The third-order valence-corrected chi connectivity index (χ3v) is 6.38. The average molecular weight is 333 g/mol. The molecule has 2 rings (SSSR count). The van der Waals surface area contributed by atoms with Crippen LogP contribution in [0, 0.1) is 5.82 Å². The van der Waals surface area contributed by atoms with Crippen LogP contribution in [-0.4, -0.2) is 31.1 Å². The quantitative estimate of drug-likeness (QED) is 0.867. The molecule has 1 fully saturated rings. The van der Waals surface area contributed by atoms with E-state index in [1.807, 2.05) is 6.26 Å². The Morgan fingerprint density at radius 1 is 1.43 bits per heavy atom. The monoisotopic (exact) mass is 333 g/mol. The number of hydrogen-bond donors (Lipinski definition) is 2. The minimum absolute atomic E-state index is 0.154. The van der Waals surface area contributed by atoms with Crippen molar-refractivity contribution in [1.29, 1.82) is 0 Å². The number of nitrogens with one attached hydrogen (secondary N) is 1. The van der Waals surface area contributed by atoms with Crippen LogP contribution in [-0.2, 0) is 16.6 Å². The molecule has 1 aliphatic carbocycles. The molecule has 1 aliphatic rings. The Balaban J connectivity index is 2.18. The molecule has 2 unspecified atom stereocenters. The van der Waals surface area contributed by atoms with Crippen LogP contribution >= 0.6 is 11.8 Å². The first-order chi connectivity index (χ1) is 9.96. The fraction of sp³-hybridized carbons (Fsp3) is 0.571. The van der Waals surface area contributed by atoms with Gasteiger partial charge in [0.05, 0.1) is 6.61 Å². The van der Waals surface area contributed by atoms with Crippen molar-refractivity contribution in [3.63, 3.8) is 0 Å². The highest BCUT2D eigenvalue weighted by atomic mass is 32.2. The molecule has 0 aliphatic heterocycles. The number of halogens is 1. The van der Waals surface area contributed by atoms with E-state index in [1.54, 1.807) is 11.8 Å². The fourth-order valence-corrected chi connectivity index (χ4v) is 4.84. The molecule has 118 valence electrons. The van der Waals surface area contributed by atoms with E-state index in [9.17, 15) is 12.8 Å². The molecule has 1 aromatic carbocycles. The number of hydrogen-bond acceptors (Lipinski definition) is 4. The third kappa shape index (κ3) is 4.18. The molecule has 0 amide bonds. The van der Waals surface area contributed by atoms with Gasteiger partial charge in [-0.25, -0.2) is 17.5 Å². The molecule has 0 heterocycles. The first-order valence-electron chi connectivity index (χ1n) is 6.90. The summed E-state index contributed by atoms with van der Waals surface area (Å²) in [5, 5.41) is 9.51. The smallest absolute Gasteiger partial charge is 0.243 e. The largest absolute Gasteiger partial charge is 0.392 e. The molecular weight excluding hydrogens is 313 g/mol. The maximum absolute atomic E-state index is 13.8. The zero-order chi connectivity index (χ0) is 15.5. The highest BCUT2D eigenvalue weighted by Crippen LogP contribution is 2.28. The molecule has 0 radical (unpaired) electrons. The molecule has 2 atom stereocenters. The topological polar surface area (TPSA) is 66.4 Å². The molecule has 0 aromatic heterocycles. The molecule has 4 nitrogen and oxygen atoms in total. The number of rotatable bonds is 5. The predicted octanol–water partition coefficient (Wildman–Crippen LogP) is 2.27. The van der Waals surface area contributed by atoms with Crippen molar-refractivity contribution < 1.29 is 17.9 Å². The number of aliphatic hydroxyl groups excluding tert-OH is 1. The fourth-order valence-electron chi connectivity index (χ4n) is 2.60. The Kier molecular flexibility index (Phi) is 5.65. The Morgan fingerprint density at radius 2 is 2.19 bits per heavy atom. The van der Waals surface area contributed by atoms with Crippen LogP contribution in [0.1, 0.15) is 31.2 Å². The second-order valence-corrected chi connectivity index (χ2v) is 8.09. The highest BCUT2D eigenvalue weighted by molar-refractivity contribution is 7.99. The number of benzene rings is 1. The summed E-state index contributed by atoms with van der Waals surface area (Å²) in [6, 6.07) is 3.48. The van der Waals surface area contributed by atoms with Gasteiger partial charge in [0.1, 0.15) is 10.7 Å². The van der Waals surface area contributed by atoms with Crippen LogP contribution in [0.2, 0.25) is 0 Å². The normalized spacial score (nSPS) is 23.2. The van der Waals surface area contributed by atoms with Crippen LogP contribution in [0.25, 0.3) is 0 Å². The molecule has 0 spiro atoms. The minimum Gasteiger partial charge on any atom is -0.392 e. The highest BCUT2D eigenvalue weighted by Gasteiger charge is 2.27. The SMILES string of the molecule is CSC1CCCC(NS(=O)(=O)c2cc(CO)ccc2F)C1. The lowest BCUT2D eigenvalue weighted by Crippen LogP contribution is -2.39. The molecule has 1 saturated carbocycles. The maximum Gasteiger partial charge on any atom is 0.243 e. The van der Waals surface area contributed by atoms with Gasteiger partial charge in [0.25, 0.3) is 0 Å². The van der Waals surface area contributed by atoms with Crippen LogP contribution in [0.5, 0.6) is 0 Å². The minimum atomic E-state index is -3.90. The summed E-state index contributed by atoms with van der Waals surface area (Å²) in [6.45, 7) is -0.319. The van der Waals surface area contributed by atoms with Gasteiger partial charge in [-0.05, 0) is 43.2 Å². The summed E-state index contributed by atoms with van der Waals surface area (Å²) in [4.78, 5) is -0.389. The summed E-state index contributed by atoms with van der Waals surface area (Å²) in [5.41, 5.74) is 0.377. The van der Waals surface area contributed by atoms with Crippen molar-refractivity contribution in [3.05, 3.63) is 29.6 Å². The molecule has 1 aromatic rings. The van der Waals surface area contributed by atoms with E-state index in [1.165, 1.54) is 12.1 Å². The van der Waals surface area contributed by atoms with Gasteiger partial charge >= 0.3 is 0 Å². The van der Waals surface area contributed by atoms with E-state index in [0.29, 0.717) is 10.8 Å². The van der Waals surface area contributed by atoms with Crippen molar-refractivity contribution in [1.82, 2.24) is 4.72 Å². The van der Waals surface area contributed by atoms with Crippen molar-refractivity contribution in [2.24, 2.45) is 0 Å². The zero-order valence-electron chi connectivity index (χ0n) is 11.9. The van der Waals surface area contributed by atoms with E-state index in [2.05, 4.69) is 4.72 Å². The Hall–Kier alpha value is -0.630. The van der Waals surface area contributed by atoms with Crippen LogP contribution in [0.15, 0.2) is 23.1 Å². The zero-order valence-corrected chi connectivity index (χ0v) is 13.5. The first kappa shape index (κ1) is 16.7. The summed E-state index contributed by atoms with van der Waals surface area (Å²) < 4.78 is 41.1. The van der Waals surface area contributed by atoms with Gasteiger partial charge in [0, 0.05) is 11.3 Å². The van der Waals surface area contributed by atoms with Crippen LogP contribution in [0.3, 0.4) is 0 Å². The Labute approximate surface area is 129 Å². The van der Waals surface area contributed by atoms with Crippen molar-refractivity contribution in [3.8, 4) is 0 Å². The van der Waals surface area contributed by atoms with E-state index < -0.39 is 15.8 Å². The van der Waals surface area contributed by atoms with Gasteiger partial charge in [-0.3, -0.25) is 0 Å². The molecule has 21 heavy (non-hydrogen) atoms. The van der Waals surface area contributed by atoms with Gasteiger partial charge < -0.3 is 5.11 Å². The van der Waals surface area contributed by atoms with E-state index in [4.69, 9.17) is 5.11 Å². The number of thioether (sulfide) groups is 1. The molecule has 7 heteroatoms. The van der Waals surface area contributed by atoms with Crippen LogP contribution < -0.4 is 4.72 Å². The standard InChI is InChI=1S/C14H20FNO3S2/c1-20-12-4-2-3-11(8-12)16-21(18,19)14-7-10(9-17)5-6-13(14)15/h5-7,11-12,16-17H,2-4,8-9H2,1H3. The van der Waals surface area contributed by atoms with Crippen molar-refractivity contribution >= 4 is 21.8 Å². The second-order valence-electron chi connectivity index (χ2n) is 5.27. The summed E-state index contributed by atoms with van der Waals surface area (Å²) in [6.07, 6.45) is 5.62. The van der Waals surface area contributed by atoms with E-state index in [0.717, 1.165) is 31.7 Å². The lowest BCUT2D eigenvalue weighted by molar-refractivity contribution is 0.281. The van der Waals surface area contributed by atoms with Crippen LogP contribution in [0.4, 0.5) is 4.39 Å². The van der Waals surface area contributed by atoms with E-state index >= 15 is 0 Å². The van der Waals surface area contributed by atoms with Gasteiger partial charge in [-0.15, -0.1) is 0 Å². The number of aliphatic hydroxyl groups is 1. The first-order valence-corrected chi connectivity index (χ1v) is 9.68. The molecule has 0 bridgehead atoms. The molecular formula is C14H20FNO3S2. The van der Waals surface area contributed by atoms with Crippen molar-refractivity contribution in [2.75, 3.05) is 6.26 Å². The Bertz CT molecular complexity index is 592. The Morgan fingerprint density at radius 3 is 2.86 bits per heavy atom. The summed E-state index contributed by atoms with van der Waals surface area (Å²) in [7, 11) is -3.90. The molecule has 2 N–H and O–H groups in total. The van der Waals surface area contributed by atoms with Crippen molar-refractivity contribution in [2.45, 2.75) is 48.5 Å². The van der Waals surface area contributed by atoms with Gasteiger partial charge in [-0.1, -0.05) is 12.5 Å². The lowest BCUT2D eigenvalue weighted by atomic mass is 9.96. The van der Waals surface area contributed by atoms with E-state index in [-0.39, 0.29) is 17.5 Å². The van der Waals surface area contributed by atoms with Gasteiger partial charge in [0.2, 0.25) is 10.0 Å². The van der Waals surface area contributed by atoms with Gasteiger partial charge in [-0.2, -0.15) is 11.8 Å².